The molecule has 0 spiro atoms. The molecule has 0 radical (unpaired) electrons. The van der Waals surface area contributed by atoms with Crippen LogP contribution in [0.25, 0.3) is 0 Å². The smallest absolute Gasteiger partial charge is 0.423 e. The molecular weight excluding hydrogens is 280 g/mol. The molecule has 2 nitrogen and oxygen atoms in total. The lowest BCUT2D eigenvalue weighted by Gasteiger charge is -2.01. The third-order valence-corrected chi connectivity index (χ3v) is 2.33. The van der Waals surface area contributed by atoms with Gasteiger partial charge in [-0.15, -0.1) is 0 Å². The van der Waals surface area contributed by atoms with E-state index in [4.69, 9.17) is 10.0 Å². The highest BCUT2D eigenvalue weighted by molar-refractivity contribution is 14.1. The molecule has 0 aromatic heterocycles. The summed E-state index contributed by atoms with van der Waals surface area (Å²) in [6, 6.07) is 1.77. The van der Waals surface area contributed by atoms with E-state index in [0.29, 0.717) is 0 Å². The van der Waals surface area contributed by atoms with Crippen LogP contribution in [0.1, 0.15) is 0 Å². The van der Waals surface area contributed by atoms with E-state index in [1.807, 2.05) is 0 Å². The largest absolute Gasteiger partial charge is 0.488 e. The van der Waals surface area contributed by atoms with Crippen LogP contribution in [0.3, 0.4) is 0 Å². The van der Waals surface area contributed by atoms with Gasteiger partial charge in [0.25, 0.3) is 0 Å². The average molecular weight is 284 g/mol. The average Bonchev–Trinajstić information content (AvgIpc) is 1.99. The molecule has 12 heavy (non-hydrogen) atoms. The van der Waals surface area contributed by atoms with Gasteiger partial charge in [-0.2, -0.15) is 0 Å². The summed E-state index contributed by atoms with van der Waals surface area (Å²) in [5.74, 6) is -1.59. The first-order chi connectivity index (χ1) is 5.52. The summed E-state index contributed by atoms with van der Waals surface area (Å²) in [6.45, 7) is 0. The van der Waals surface area contributed by atoms with E-state index in [1.165, 1.54) is 22.6 Å². The summed E-state index contributed by atoms with van der Waals surface area (Å²) < 4.78 is 25.3. The van der Waals surface area contributed by atoms with Crippen molar-refractivity contribution in [1.29, 1.82) is 0 Å². The number of rotatable bonds is 1. The molecule has 64 valence electrons. The Balaban J connectivity index is 3.21. The molecule has 0 fully saturated rings. The zero-order valence-electron chi connectivity index (χ0n) is 5.76. The van der Waals surface area contributed by atoms with Gasteiger partial charge < -0.3 is 10.0 Å². The van der Waals surface area contributed by atoms with E-state index in [9.17, 15) is 8.78 Å². The molecular formula is C6H4BF2IO2. The van der Waals surface area contributed by atoms with E-state index in [2.05, 4.69) is 0 Å². The van der Waals surface area contributed by atoms with Gasteiger partial charge in [0.2, 0.25) is 0 Å². The summed E-state index contributed by atoms with van der Waals surface area (Å²) in [6.07, 6.45) is 0. The van der Waals surface area contributed by atoms with Crippen molar-refractivity contribution in [3.05, 3.63) is 27.3 Å². The maximum absolute atomic E-state index is 12.7. The maximum atomic E-state index is 12.7. The van der Waals surface area contributed by atoms with Gasteiger partial charge >= 0.3 is 7.12 Å². The summed E-state index contributed by atoms with van der Waals surface area (Å²) >= 11 is 1.50. The zero-order valence-corrected chi connectivity index (χ0v) is 7.92. The molecule has 0 aliphatic rings. The molecule has 0 amide bonds. The van der Waals surface area contributed by atoms with Gasteiger partial charge in [-0.25, -0.2) is 8.78 Å². The van der Waals surface area contributed by atoms with Gasteiger partial charge in [-0.1, -0.05) is 0 Å². The Morgan fingerprint density at radius 3 is 1.92 bits per heavy atom. The molecule has 1 aromatic rings. The van der Waals surface area contributed by atoms with Crippen LogP contribution in [-0.2, 0) is 0 Å². The van der Waals surface area contributed by atoms with Gasteiger partial charge in [0.15, 0.2) is 0 Å². The number of benzene rings is 1. The molecule has 0 saturated carbocycles. The fraction of sp³-hybridized carbons (Fsp3) is 0. The van der Waals surface area contributed by atoms with Crippen molar-refractivity contribution in [2.24, 2.45) is 0 Å². The highest BCUT2D eigenvalue weighted by atomic mass is 127. The fourth-order valence-corrected chi connectivity index (χ4v) is 1.04. The first kappa shape index (κ1) is 9.88. The fourth-order valence-electron chi connectivity index (χ4n) is 0.724. The Hall–Kier alpha value is -0.205. The molecule has 0 atom stereocenters. The molecule has 0 saturated heterocycles. The van der Waals surface area contributed by atoms with E-state index in [0.717, 1.165) is 12.1 Å². The number of hydrogen-bond acceptors (Lipinski definition) is 2. The van der Waals surface area contributed by atoms with Crippen LogP contribution in [0.15, 0.2) is 12.1 Å². The first-order valence-electron chi connectivity index (χ1n) is 3.03. The van der Waals surface area contributed by atoms with Crippen LogP contribution in [0.2, 0.25) is 0 Å². The minimum absolute atomic E-state index is 0.156. The normalized spacial score (nSPS) is 10.1. The van der Waals surface area contributed by atoms with Gasteiger partial charge in [0, 0.05) is 0 Å². The van der Waals surface area contributed by atoms with Crippen LogP contribution >= 0.6 is 22.6 Å². The Morgan fingerprint density at radius 2 is 1.58 bits per heavy atom. The van der Waals surface area contributed by atoms with Crippen molar-refractivity contribution in [2.75, 3.05) is 0 Å². The molecule has 1 aromatic carbocycles. The maximum Gasteiger partial charge on any atom is 0.488 e. The number of halogens is 3. The van der Waals surface area contributed by atoms with Gasteiger partial charge in [0.1, 0.15) is 11.6 Å². The summed E-state index contributed by atoms with van der Waals surface area (Å²) in [4.78, 5) is 0. The Kier molecular flexibility index (Phi) is 3.02. The topological polar surface area (TPSA) is 40.5 Å². The van der Waals surface area contributed by atoms with E-state index in [1.54, 1.807) is 0 Å². The van der Waals surface area contributed by atoms with Gasteiger partial charge in [-0.3, -0.25) is 0 Å². The predicted molar refractivity (Wildman–Crippen MR) is 48.9 cm³/mol. The quantitative estimate of drug-likeness (QED) is 0.441. The third-order valence-electron chi connectivity index (χ3n) is 1.30. The van der Waals surface area contributed by atoms with E-state index < -0.39 is 18.8 Å². The third kappa shape index (κ3) is 1.93. The lowest BCUT2D eigenvalue weighted by Crippen LogP contribution is -2.30. The lowest BCUT2D eigenvalue weighted by molar-refractivity contribution is 0.424. The van der Waals surface area contributed by atoms with Crippen molar-refractivity contribution in [3.8, 4) is 0 Å². The summed E-state index contributed by atoms with van der Waals surface area (Å²) in [5, 5.41) is 17.2. The molecule has 0 heterocycles. The lowest BCUT2D eigenvalue weighted by atomic mass is 9.80. The van der Waals surface area contributed by atoms with Crippen molar-refractivity contribution in [3.63, 3.8) is 0 Å². The molecule has 2 N–H and O–H groups in total. The van der Waals surface area contributed by atoms with Crippen LogP contribution in [0.5, 0.6) is 0 Å². The second kappa shape index (κ2) is 3.67. The highest BCUT2D eigenvalue weighted by Gasteiger charge is 2.16. The molecule has 0 aliphatic heterocycles. The van der Waals surface area contributed by atoms with Crippen molar-refractivity contribution < 1.29 is 18.8 Å². The van der Waals surface area contributed by atoms with Crippen LogP contribution < -0.4 is 5.46 Å². The van der Waals surface area contributed by atoms with Gasteiger partial charge in [0.05, 0.1) is 3.57 Å². The SMILES string of the molecule is OB(O)c1cc(F)c(I)c(F)c1. The van der Waals surface area contributed by atoms with E-state index in [-0.39, 0.29) is 9.03 Å². The Bertz CT molecular complexity index is 283. The standard InChI is InChI=1S/C6H4BF2IO2/c8-4-1-3(7(11)12)2-5(9)6(4)10/h1-2,11-12H. The predicted octanol–water partition coefficient (Wildman–Crippen LogP) is 0.249. The number of hydrogen-bond donors (Lipinski definition) is 2. The molecule has 1 rings (SSSR count). The first-order valence-corrected chi connectivity index (χ1v) is 4.11. The summed E-state index contributed by atoms with van der Waals surface area (Å²) in [7, 11) is -1.84. The van der Waals surface area contributed by atoms with Gasteiger partial charge in [-0.05, 0) is 40.2 Å². The zero-order chi connectivity index (χ0) is 9.30. The molecule has 0 bridgehead atoms. The summed E-state index contributed by atoms with van der Waals surface area (Å²) in [5.41, 5.74) is -0.189. The van der Waals surface area contributed by atoms with Crippen molar-refractivity contribution in [2.45, 2.75) is 0 Å². The second-order valence-corrected chi connectivity index (χ2v) is 3.25. The minimum atomic E-state index is -1.84. The molecule has 0 unspecified atom stereocenters. The molecule has 0 aliphatic carbocycles. The van der Waals surface area contributed by atoms with Crippen molar-refractivity contribution >= 4 is 35.2 Å². The van der Waals surface area contributed by atoms with Crippen LogP contribution in [-0.4, -0.2) is 17.2 Å². The second-order valence-electron chi connectivity index (χ2n) is 2.17. The van der Waals surface area contributed by atoms with E-state index >= 15 is 0 Å². The monoisotopic (exact) mass is 284 g/mol. The molecule has 6 heteroatoms. The Morgan fingerprint density at radius 1 is 1.17 bits per heavy atom. The Labute approximate surface area is 81.5 Å². The highest BCUT2D eigenvalue weighted by Crippen LogP contribution is 2.12. The van der Waals surface area contributed by atoms with Crippen molar-refractivity contribution in [1.82, 2.24) is 0 Å². The van der Waals surface area contributed by atoms with Crippen LogP contribution in [0.4, 0.5) is 8.78 Å². The van der Waals surface area contributed by atoms with Crippen LogP contribution in [0, 0.1) is 15.2 Å². The minimum Gasteiger partial charge on any atom is -0.423 e.